The highest BCUT2D eigenvalue weighted by Crippen LogP contribution is 2.28. The molecule has 2 aromatic rings. The van der Waals surface area contributed by atoms with Gasteiger partial charge < -0.3 is 15.1 Å². The SMILES string of the molecule is CCNS(=O)(=O)c1cc(C(=O)Nc2ccc(C(C)C)cc2)ccc1N1CCN(C)CC1. The molecule has 0 radical (unpaired) electrons. The second-order valence-corrected chi connectivity index (χ2v) is 9.94. The monoisotopic (exact) mass is 444 g/mol. The first kappa shape index (κ1) is 23.2. The van der Waals surface area contributed by atoms with Crippen molar-refractivity contribution in [1.82, 2.24) is 9.62 Å². The summed E-state index contributed by atoms with van der Waals surface area (Å²) in [5.41, 5.74) is 2.80. The molecule has 0 aromatic heterocycles. The molecule has 31 heavy (non-hydrogen) atoms. The third kappa shape index (κ3) is 5.64. The molecule has 1 saturated heterocycles. The van der Waals surface area contributed by atoms with Crippen molar-refractivity contribution in [2.45, 2.75) is 31.6 Å². The van der Waals surface area contributed by atoms with Crippen molar-refractivity contribution in [1.29, 1.82) is 0 Å². The summed E-state index contributed by atoms with van der Waals surface area (Å²) in [6, 6.07) is 12.6. The Labute approximate surface area is 185 Å². The molecule has 1 aliphatic rings. The largest absolute Gasteiger partial charge is 0.368 e. The van der Waals surface area contributed by atoms with Gasteiger partial charge in [0.25, 0.3) is 5.91 Å². The van der Waals surface area contributed by atoms with Gasteiger partial charge in [-0.15, -0.1) is 0 Å². The number of likely N-dealkylation sites (N-methyl/N-ethyl adjacent to an activating group) is 1. The lowest BCUT2D eigenvalue weighted by atomic mass is 10.0. The Morgan fingerprint density at radius 2 is 1.68 bits per heavy atom. The number of amides is 1. The van der Waals surface area contributed by atoms with Crippen LogP contribution in [0.25, 0.3) is 0 Å². The van der Waals surface area contributed by atoms with Crippen molar-refractivity contribution in [2.75, 3.05) is 50.0 Å². The topological polar surface area (TPSA) is 81.7 Å². The molecule has 0 saturated carbocycles. The van der Waals surface area contributed by atoms with E-state index in [0.717, 1.165) is 26.2 Å². The third-order valence-electron chi connectivity index (χ3n) is 5.53. The number of benzene rings is 2. The van der Waals surface area contributed by atoms with Gasteiger partial charge in [-0.05, 0) is 48.9 Å². The van der Waals surface area contributed by atoms with E-state index in [9.17, 15) is 13.2 Å². The van der Waals surface area contributed by atoms with Gasteiger partial charge in [0, 0.05) is 44.0 Å². The fourth-order valence-corrected chi connectivity index (χ4v) is 4.89. The molecule has 168 valence electrons. The molecular weight excluding hydrogens is 412 g/mol. The van der Waals surface area contributed by atoms with E-state index in [2.05, 4.69) is 40.7 Å². The molecular formula is C23H32N4O3S. The van der Waals surface area contributed by atoms with Crippen LogP contribution in [-0.2, 0) is 10.0 Å². The van der Waals surface area contributed by atoms with Crippen molar-refractivity contribution in [3.63, 3.8) is 0 Å². The minimum Gasteiger partial charge on any atom is -0.368 e. The van der Waals surface area contributed by atoms with Gasteiger partial charge in [-0.1, -0.05) is 32.9 Å². The molecule has 3 rings (SSSR count). The van der Waals surface area contributed by atoms with Crippen LogP contribution in [0.5, 0.6) is 0 Å². The average molecular weight is 445 g/mol. The zero-order chi connectivity index (χ0) is 22.6. The Balaban J connectivity index is 1.89. The summed E-state index contributed by atoms with van der Waals surface area (Å²) in [4.78, 5) is 17.3. The number of nitrogens with one attached hydrogen (secondary N) is 2. The van der Waals surface area contributed by atoms with Crippen molar-refractivity contribution in [2.24, 2.45) is 0 Å². The first-order chi connectivity index (χ1) is 14.7. The van der Waals surface area contributed by atoms with Gasteiger partial charge in [-0.2, -0.15) is 0 Å². The molecule has 0 atom stereocenters. The summed E-state index contributed by atoms with van der Waals surface area (Å²) in [7, 11) is -1.68. The van der Waals surface area contributed by atoms with E-state index in [4.69, 9.17) is 0 Å². The van der Waals surface area contributed by atoms with E-state index in [1.165, 1.54) is 11.6 Å². The minimum atomic E-state index is -3.73. The smallest absolute Gasteiger partial charge is 0.255 e. The first-order valence-corrected chi connectivity index (χ1v) is 12.2. The van der Waals surface area contributed by atoms with E-state index in [0.29, 0.717) is 22.9 Å². The van der Waals surface area contributed by atoms with E-state index in [1.54, 1.807) is 19.1 Å². The quantitative estimate of drug-likeness (QED) is 0.686. The van der Waals surface area contributed by atoms with Gasteiger partial charge in [0.2, 0.25) is 10.0 Å². The zero-order valence-corrected chi connectivity index (χ0v) is 19.5. The Kier molecular flexibility index (Phi) is 7.35. The van der Waals surface area contributed by atoms with Crippen LogP contribution >= 0.6 is 0 Å². The van der Waals surface area contributed by atoms with Crippen molar-refractivity contribution in [3.05, 3.63) is 53.6 Å². The Bertz CT molecular complexity index is 1010. The van der Waals surface area contributed by atoms with Gasteiger partial charge >= 0.3 is 0 Å². The number of rotatable bonds is 7. The zero-order valence-electron chi connectivity index (χ0n) is 18.7. The van der Waals surface area contributed by atoms with Gasteiger partial charge in [0.05, 0.1) is 5.69 Å². The number of carbonyl (C=O) groups excluding carboxylic acids is 1. The second kappa shape index (κ2) is 9.80. The molecule has 1 aliphatic heterocycles. The molecule has 8 heteroatoms. The van der Waals surface area contributed by atoms with Crippen LogP contribution in [0.15, 0.2) is 47.4 Å². The van der Waals surface area contributed by atoms with Crippen LogP contribution in [0.1, 0.15) is 42.6 Å². The van der Waals surface area contributed by atoms with Crippen molar-refractivity contribution >= 4 is 27.3 Å². The second-order valence-electron chi connectivity index (χ2n) is 8.20. The summed E-state index contributed by atoms with van der Waals surface area (Å²) in [6.45, 7) is 9.43. The lowest BCUT2D eigenvalue weighted by molar-refractivity contribution is 0.102. The first-order valence-electron chi connectivity index (χ1n) is 10.7. The number of hydrogen-bond acceptors (Lipinski definition) is 5. The van der Waals surface area contributed by atoms with Crippen molar-refractivity contribution in [3.8, 4) is 0 Å². The molecule has 1 fully saturated rings. The fraction of sp³-hybridized carbons (Fsp3) is 0.435. The van der Waals surface area contributed by atoms with Crippen LogP contribution in [-0.4, -0.2) is 59.0 Å². The highest BCUT2D eigenvalue weighted by atomic mass is 32.2. The van der Waals surface area contributed by atoms with E-state index >= 15 is 0 Å². The van der Waals surface area contributed by atoms with Crippen LogP contribution in [0.4, 0.5) is 11.4 Å². The van der Waals surface area contributed by atoms with Gasteiger partial charge in [0.15, 0.2) is 0 Å². The Hall–Kier alpha value is -2.42. The lowest BCUT2D eigenvalue weighted by Gasteiger charge is -2.35. The third-order valence-corrected chi connectivity index (χ3v) is 7.10. The summed E-state index contributed by atoms with van der Waals surface area (Å²) in [5.74, 6) is 0.0703. The van der Waals surface area contributed by atoms with Crippen molar-refractivity contribution < 1.29 is 13.2 Å². The van der Waals surface area contributed by atoms with E-state index < -0.39 is 10.0 Å². The minimum absolute atomic E-state index is 0.140. The number of anilines is 2. The molecule has 0 spiro atoms. The lowest BCUT2D eigenvalue weighted by Crippen LogP contribution is -2.45. The number of nitrogens with zero attached hydrogens (tertiary/aromatic N) is 2. The van der Waals surface area contributed by atoms with Gasteiger partial charge in [-0.25, -0.2) is 13.1 Å². The molecule has 2 N–H and O–H groups in total. The van der Waals surface area contributed by atoms with Crippen LogP contribution < -0.4 is 14.9 Å². The standard InChI is InChI=1S/C23H32N4O3S/c1-5-24-31(29,30)22-16-19(8-11-21(22)27-14-12-26(4)13-15-27)23(28)25-20-9-6-18(7-10-20)17(2)3/h6-11,16-17,24H,5,12-15H2,1-4H3,(H,25,28). The molecule has 1 heterocycles. The predicted molar refractivity (Wildman–Crippen MR) is 125 cm³/mol. The molecule has 2 aromatic carbocycles. The Morgan fingerprint density at radius 3 is 2.26 bits per heavy atom. The molecule has 0 unspecified atom stereocenters. The Morgan fingerprint density at radius 1 is 1.03 bits per heavy atom. The predicted octanol–water partition coefficient (Wildman–Crippen LogP) is 3.11. The summed E-state index contributed by atoms with van der Waals surface area (Å²) >= 11 is 0. The molecule has 0 bridgehead atoms. The van der Waals surface area contributed by atoms with Crippen LogP contribution in [0.3, 0.4) is 0 Å². The molecule has 7 nitrogen and oxygen atoms in total. The average Bonchev–Trinajstić information content (AvgIpc) is 2.74. The number of carbonyl (C=O) groups is 1. The number of hydrogen-bond donors (Lipinski definition) is 2. The molecule has 0 aliphatic carbocycles. The van der Waals surface area contributed by atoms with E-state index in [-0.39, 0.29) is 17.3 Å². The maximum atomic E-state index is 12.9. The summed E-state index contributed by atoms with van der Waals surface area (Å²) < 4.78 is 28.4. The van der Waals surface area contributed by atoms with Gasteiger partial charge in [-0.3, -0.25) is 4.79 Å². The number of sulfonamides is 1. The maximum Gasteiger partial charge on any atom is 0.255 e. The normalized spacial score (nSPS) is 15.3. The van der Waals surface area contributed by atoms with E-state index in [1.807, 2.05) is 24.3 Å². The summed E-state index contributed by atoms with van der Waals surface area (Å²) in [5, 5.41) is 2.87. The number of piperazine rings is 1. The van der Waals surface area contributed by atoms with Crippen LogP contribution in [0.2, 0.25) is 0 Å². The fourth-order valence-electron chi connectivity index (χ4n) is 3.60. The highest BCUT2D eigenvalue weighted by Gasteiger charge is 2.25. The summed E-state index contributed by atoms with van der Waals surface area (Å²) in [6.07, 6.45) is 0. The highest BCUT2D eigenvalue weighted by molar-refractivity contribution is 7.89. The molecule has 1 amide bonds. The maximum absolute atomic E-state index is 12.9. The van der Waals surface area contributed by atoms with Crippen LogP contribution in [0, 0.1) is 0 Å². The van der Waals surface area contributed by atoms with Gasteiger partial charge in [0.1, 0.15) is 4.90 Å².